The van der Waals surface area contributed by atoms with Crippen LogP contribution in [0.25, 0.3) is 0 Å². The second-order valence-electron chi connectivity index (χ2n) is 6.74. The van der Waals surface area contributed by atoms with Gasteiger partial charge < -0.3 is 10.4 Å². The molecule has 0 aromatic heterocycles. The van der Waals surface area contributed by atoms with Crippen LogP contribution in [-0.2, 0) is 4.79 Å². The van der Waals surface area contributed by atoms with Crippen molar-refractivity contribution >= 4 is 5.91 Å². The summed E-state index contributed by atoms with van der Waals surface area (Å²) in [4.78, 5) is 12.2. The van der Waals surface area contributed by atoms with E-state index in [-0.39, 0.29) is 11.5 Å². The van der Waals surface area contributed by atoms with Crippen molar-refractivity contribution in [2.24, 2.45) is 17.8 Å². The molecule has 126 valence electrons. The third kappa shape index (κ3) is 3.37. The van der Waals surface area contributed by atoms with E-state index in [1.807, 2.05) is 0 Å². The summed E-state index contributed by atoms with van der Waals surface area (Å²) < 4.78 is 39.6. The Hall–Kier alpha value is -1.56. The highest BCUT2D eigenvalue weighted by Crippen LogP contribution is 2.49. The van der Waals surface area contributed by atoms with Crippen LogP contribution < -0.4 is 5.32 Å². The maximum absolute atomic E-state index is 13.3. The van der Waals surface area contributed by atoms with Gasteiger partial charge in [0, 0.05) is 6.42 Å². The molecule has 3 rings (SSSR count). The van der Waals surface area contributed by atoms with E-state index in [2.05, 4.69) is 5.32 Å². The molecule has 2 aliphatic carbocycles. The molecule has 3 nitrogen and oxygen atoms in total. The Morgan fingerprint density at radius 1 is 1.22 bits per heavy atom. The second kappa shape index (κ2) is 6.51. The minimum absolute atomic E-state index is 0.0187. The summed E-state index contributed by atoms with van der Waals surface area (Å²) in [5, 5.41) is 12.0. The van der Waals surface area contributed by atoms with Crippen LogP contribution in [-0.4, -0.2) is 17.6 Å². The van der Waals surface area contributed by atoms with Crippen molar-refractivity contribution < 1.29 is 23.1 Å². The molecule has 0 heterocycles. The minimum atomic E-state index is -1.56. The fourth-order valence-electron chi connectivity index (χ4n) is 4.13. The van der Waals surface area contributed by atoms with Gasteiger partial charge >= 0.3 is 0 Å². The average Bonchev–Trinajstić information content (AvgIpc) is 3.12. The van der Waals surface area contributed by atoms with Crippen molar-refractivity contribution in [2.45, 2.75) is 38.1 Å². The van der Waals surface area contributed by atoms with Crippen LogP contribution >= 0.6 is 0 Å². The molecule has 0 saturated heterocycles. The van der Waals surface area contributed by atoms with E-state index in [9.17, 15) is 23.1 Å². The Balaban J connectivity index is 1.64. The molecule has 2 fully saturated rings. The monoisotopic (exact) mass is 327 g/mol. The smallest absolute Gasteiger partial charge is 0.220 e. The Kier molecular flexibility index (Phi) is 4.62. The first kappa shape index (κ1) is 16.3. The minimum Gasteiger partial charge on any atom is -0.394 e. The number of carbonyl (C=O) groups is 1. The van der Waals surface area contributed by atoms with Crippen molar-refractivity contribution in [1.82, 2.24) is 5.32 Å². The van der Waals surface area contributed by atoms with Gasteiger partial charge in [-0.25, -0.2) is 13.2 Å². The predicted octanol–water partition coefficient (Wildman–Crippen LogP) is 3.08. The van der Waals surface area contributed by atoms with Gasteiger partial charge in [-0.15, -0.1) is 0 Å². The molecule has 23 heavy (non-hydrogen) atoms. The Bertz CT molecular complexity index is 584. The summed E-state index contributed by atoms with van der Waals surface area (Å²) in [7, 11) is 0. The first-order chi connectivity index (χ1) is 11.0. The van der Waals surface area contributed by atoms with E-state index in [0.717, 1.165) is 24.5 Å². The van der Waals surface area contributed by atoms with Gasteiger partial charge in [-0.3, -0.25) is 4.79 Å². The summed E-state index contributed by atoms with van der Waals surface area (Å²) in [5.41, 5.74) is 0.0187. The number of carbonyl (C=O) groups excluding carboxylic acids is 1. The quantitative estimate of drug-likeness (QED) is 0.817. The molecular weight excluding hydrogens is 307 g/mol. The molecule has 4 unspecified atom stereocenters. The Labute approximate surface area is 132 Å². The SMILES string of the molecule is O=C(CC1CC2CCC1C2)NC(CO)c1cc(F)c(F)c(F)c1. The fourth-order valence-corrected chi connectivity index (χ4v) is 4.13. The number of nitrogens with one attached hydrogen (secondary N) is 1. The number of hydrogen-bond acceptors (Lipinski definition) is 2. The van der Waals surface area contributed by atoms with Gasteiger partial charge in [-0.05, 0) is 54.7 Å². The summed E-state index contributed by atoms with van der Waals surface area (Å²) in [6, 6.07) is 0.666. The zero-order valence-electron chi connectivity index (χ0n) is 12.7. The number of rotatable bonds is 5. The lowest BCUT2D eigenvalue weighted by Gasteiger charge is -2.23. The first-order valence-electron chi connectivity index (χ1n) is 8.02. The predicted molar refractivity (Wildman–Crippen MR) is 77.8 cm³/mol. The largest absolute Gasteiger partial charge is 0.394 e. The van der Waals surface area contributed by atoms with E-state index in [0.29, 0.717) is 18.3 Å². The van der Waals surface area contributed by atoms with Gasteiger partial charge in [-0.2, -0.15) is 0 Å². The van der Waals surface area contributed by atoms with E-state index in [4.69, 9.17) is 0 Å². The number of benzene rings is 1. The lowest BCUT2D eigenvalue weighted by atomic mass is 9.86. The number of amides is 1. The highest BCUT2D eigenvalue weighted by Gasteiger charge is 2.40. The molecule has 1 aromatic carbocycles. The molecule has 6 heteroatoms. The van der Waals surface area contributed by atoms with Gasteiger partial charge in [0.05, 0.1) is 12.6 Å². The van der Waals surface area contributed by atoms with Crippen molar-refractivity contribution in [2.75, 3.05) is 6.61 Å². The number of aliphatic hydroxyl groups is 1. The third-order valence-corrected chi connectivity index (χ3v) is 5.26. The molecule has 0 spiro atoms. The maximum Gasteiger partial charge on any atom is 0.220 e. The van der Waals surface area contributed by atoms with Gasteiger partial charge in [0.15, 0.2) is 17.5 Å². The summed E-state index contributed by atoms with van der Waals surface area (Å²) >= 11 is 0. The first-order valence-corrected chi connectivity index (χ1v) is 8.02. The lowest BCUT2D eigenvalue weighted by Crippen LogP contribution is -2.33. The Morgan fingerprint density at radius 3 is 2.43 bits per heavy atom. The fraction of sp³-hybridized carbons (Fsp3) is 0.588. The molecule has 2 bridgehead atoms. The highest BCUT2D eigenvalue weighted by molar-refractivity contribution is 5.76. The van der Waals surface area contributed by atoms with Gasteiger partial charge in [-0.1, -0.05) is 6.42 Å². The number of halogens is 3. The maximum atomic E-state index is 13.3. The van der Waals surface area contributed by atoms with Crippen molar-refractivity contribution in [3.8, 4) is 0 Å². The van der Waals surface area contributed by atoms with Crippen LogP contribution in [0.3, 0.4) is 0 Å². The van der Waals surface area contributed by atoms with E-state index in [1.165, 1.54) is 19.3 Å². The summed E-state index contributed by atoms with van der Waals surface area (Å²) in [6.45, 7) is -0.507. The van der Waals surface area contributed by atoms with Crippen LogP contribution in [0.15, 0.2) is 12.1 Å². The summed E-state index contributed by atoms with van der Waals surface area (Å²) in [5.74, 6) is -2.78. The molecule has 0 aliphatic heterocycles. The Morgan fingerprint density at radius 2 is 1.91 bits per heavy atom. The van der Waals surface area contributed by atoms with E-state index in [1.54, 1.807) is 0 Å². The van der Waals surface area contributed by atoms with Crippen molar-refractivity contribution in [3.05, 3.63) is 35.1 Å². The lowest BCUT2D eigenvalue weighted by molar-refractivity contribution is -0.123. The van der Waals surface area contributed by atoms with Crippen LogP contribution in [0, 0.1) is 35.2 Å². The van der Waals surface area contributed by atoms with Crippen LogP contribution in [0.1, 0.15) is 43.7 Å². The van der Waals surface area contributed by atoms with E-state index < -0.39 is 30.1 Å². The molecule has 2 aliphatic rings. The standard InChI is InChI=1S/C17H20F3NO2/c18-13-5-12(6-14(19)17(13)20)15(8-22)21-16(23)7-11-4-9-1-2-10(11)3-9/h5-6,9-11,15,22H,1-4,7-8H2,(H,21,23). The number of aliphatic hydroxyl groups excluding tert-OH is 1. The van der Waals surface area contributed by atoms with Gasteiger partial charge in [0.25, 0.3) is 0 Å². The molecule has 4 atom stereocenters. The summed E-state index contributed by atoms with van der Waals surface area (Å²) in [6.07, 6.45) is 5.03. The molecule has 2 N–H and O–H groups in total. The van der Waals surface area contributed by atoms with Crippen LogP contribution in [0.5, 0.6) is 0 Å². The zero-order valence-corrected chi connectivity index (χ0v) is 12.7. The second-order valence-corrected chi connectivity index (χ2v) is 6.74. The van der Waals surface area contributed by atoms with Crippen molar-refractivity contribution in [3.63, 3.8) is 0 Å². The number of fused-ring (bicyclic) bond motifs is 2. The normalized spacial score (nSPS) is 27.2. The number of hydrogen-bond donors (Lipinski definition) is 2. The zero-order chi connectivity index (χ0) is 16.6. The molecular formula is C17H20F3NO2. The van der Waals surface area contributed by atoms with Crippen LogP contribution in [0.2, 0.25) is 0 Å². The van der Waals surface area contributed by atoms with Crippen LogP contribution in [0.4, 0.5) is 13.2 Å². The van der Waals surface area contributed by atoms with E-state index >= 15 is 0 Å². The van der Waals surface area contributed by atoms with Gasteiger partial charge in [0.2, 0.25) is 5.91 Å². The molecule has 1 amide bonds. The molecule has 0 radical (unpaired) electrons. The van der Waals surface area contributed by atoms with Crippen molar-refractivity contribution in [1.29, 1.82) is 0 Å². The topological polar surface area (TPSA) is 49.3 Å². The average molecular weight is 327 g/mol. The molecule has 1 aromatic rings. The highest BCUT2D eigenvalue weighted by atomic mass is 19.2. The van der Waals surface area contributed by atoms with Gasteiger partial charge in [0.1, 0.15) is 0 Å². The molecule has 2 saturated carbocycles. The third-order valence-electron chi connectivity index (χ3n) is 5.26.